The number of aromatic hydroxyl groups is 1. The van der Waals surface area contributed by atoms with E-state index in [-0.39, 0.29) is 11.6 Å². The number of nitrogens with zero attached hydrogens (tertiary/aromatic N) is 5. The Morgan fingerprint density at radius 3 is 2.79 bits per heavy atom. The van der Waals surface area contributed by atoms with Crippen LogP contribution in [0.15, 0.2) is 40.4 Å². The van der Waals surface area contributed by atoms with E-state index >= 15 is 0 Å². The number of pyridine rings is 1. The van der Waals surface area contributed by atoms with Gasteiger partial charge in [0.25, 0.3) is 11.5 Å². The molecule has 28 heavy (non-hydrogen) atoms. The van der Waals surface area contributed by atoms with Gasteiger partial charge in [0.05, 0.1) is 12.6 Å². The summed E-state index contributed by atoms with van der Waals surface area (Å²) in [6, 6.07) is 6.68. The molecule has 11 nitrogen and oxygen atoms in total. The van der Waals surface area contributed by atoms with Gasteiger partial charge in [0.15, 0.2) is 0 Å². The minimum atomic E-state index is -0.907. The predicted octanol–water partition coefficient (Wildman–Crippen LogP) is 1.13. The number of hydrogen-bond acceptors (Lipinski definition) is 7. The quantitative estimate of drug-likeness (QED) is 0.383. The van der Waals surface area contributed by atoms with Crippen LogP contribution in [0.25, 0.3) is 10.9 Å². The molecule has 0 aliphatic carbocycles. The van der Waals surface area contributed by atoms with E-state index in [1.807, 2.05) is 0 Å². The third-order valence-corrected chi connectivity index (χ3v) is 4.22. The van der Waals surface area contributed by atoms with Crippen LogP contribution in [-0.4, -0.2) is 36.3 Å². The first-order valence-electron chi connectivity index (χ1n) is 8.20. The van der Waals surface area contributed by atoms with E-state index in [9.17, 15) is 24.8 Å². The Labute approximate surface area is 157 Å². The van der Waals surface area contributed by atoms with Gasteiger partial charge in [-0.15, -0.1) is 0 Å². The van der Waals surface area contributed by atoms with Gasteiger partial charge < -0.3 is 19.8 Å². The number of rotatable bonds is 5. The van der Waals surface area contributed by atoms with Crippen molar-refractivity contribution in [2.45, 2.75) is 13.5 Å². The summed E-state index contributed by atoms with van der Waals surface area (Å²) in [7, 11) is 1.42. The van der Waals surface area contributed by atoms with Crippen molar-refractivity contribution in [1.29, 1.82) is 0 Å². The number of benzene rings is 1. The maximum absolute atomic E-state index is 12.6. The zero-order valence-corrected chi connectivity index (χ0v) is 15.0. The maximum atomic E-state index is 12.6. The van der Waals surface area contributed by atoms with Crippen LogP contribution in [0.2, 0.25) is 0 Å². The van der Waals surface area contributed by atoms with Crippen molar-refractivity contribution < 1.29 is 14.8 Å². The van der Waals surface area contributed by atoms with Crippen molar-refractivity contribution >= 4 is 28.8 Å². The molecule has 2 heterocycles. The van der Waals surface area contributed by atoms with Crippen LogP contribution in [0, 0.1) is 10.1 Å². The van der Waals surface area contributed by atoms with Crippen LogP contribution in [0.5, 0.6) is 5.75 Å². The molecule has 11 heteroatoms. The Kier molecular flexibility index (Phi) is 4.90. The number of carbonyl (C=O) groups is 1. The first-order chi connectivity index (χ1) is 13.4. The number of imidazole rings is 1. The van der Waals surface area contributed by atoms with Gasteiger partial charge in [-0.05, 0) is 24.0 Å². The fraction of sp³-hybridized carbons (Fsp3) is 0.176. The molecule has 3 rings (SSSR count). The molecule has 0 fully saturated rings. The summed E-state index contributed by atoms with van der Waals surface area (Å²) in [5.74, 6) is -1.47. The van der Waals surface area contributed by atoms with Crippen molar-refractivity contribution in [2.24, 2.45) is 12.1 Å². The molecular weight excluding hydrogens is 368 g/mol. The molecule has 0 bridgehead atoms. The van der Waals surface area contributed by atoms with Crippen LogP contribution in [0.3, 0.4) is 0 Å². The van der Waals surface area contributed by atoms with E-state index in [0.29, 0.717) is 17.4 Å². The third kappa shape index (κ3) is 3.09. The molecule has 0 saturated carbocycles. The molecule has 1 amide bonds. The number of nitrogens with one attached hydrogen (secondary N) is 1. The summed E-state index contributed by atoms with van der Waals surface area (Å²) in [5, 5.41) is 25.3. The minimum Gasteiger partial charge on any atom is -0.506 e. The van der Waals surface area contributed by atoms with Crippen LogP contribution in [0.4, 0.5) is 5.82 Å². The highest BCUT2D eigenvalue weighted by molar-refractivity contribution is 6.02. The first-order valence-corrected chi connectivity index (χ1v) is 8.20. The molecule has 0 atom stereocenters. The highest BCUT2D eigenvalue weighted by Gasteiger charge is 2.21. The lowest BCUT2D eigenvalue weighted by Gasteiger charge is -2.12. The molecule has 144 valence electrons. The van der Waals surface area contributed by atoms with Crippen molar-refractivity contribution in [3.8, 4) is 5.75 Å². The molecule has 3 aromatic rings. The minimum absolute atomic E-state index is 0.126. The van der Waals surface area contributed by atoms with Crippen LogP contribution in [0.1, 0.15) is 23.1 Å². The zero-order chi connectivity index (χ0) is 20.4. The van der Waals surface area contributed by atoms with E-state index in [1.165, 1.54) is 16.2 Å². The standard InChI is InChI=1S/C17H16N6O5/c1-3-22-11-7-5-4-6-10(11)15(24)14(17(22)26)16(25)20-19-8-12-18-9-13(21(12)2)23(27)28/h4-9,24H,3H2,1-2H3,(H,20,25)/b19-8+. The van der Waals surface area contributed by atoms with Gasteiger partial charge in [-0.1, -0.05) is 12.1 Å². The van der Waals surface area contributed by atoms with Gasteiger partial charge in [-0.25, -0.2) is 15.0 Å². The number of hydrogen-bond donors (Lipinski definition) is 2. The van der Waals surface area contributed by atoms with E-state index in [0.717, 1.165) is 12.4 Å². The summed E-state index contributed by atoms with van der Waals surface area (Å²) < 4.78 is 2.54. The molecule has 0 unspecified atom stereocenters. The Hall–Kier alpha value is -4.02. The fourth-order valence-corrected chi connectivity index (χ4v) is 2.82. The summed E-state index contributed by atoms with van der Waals surface area (Å²) in [4.78, 5) is 39.1. The molecule has 0 aliphatic heterocycles. The Morgan fingerprint density at radius 1 is 1.43 bits per heavy atom. The van der Waals surface area contributed by atoms with E-state index in [2.05, 4.69) is 15.5 Å². The number of aromatic nitrogens is 3. The van der Waals surface area contributed by atoms with Crippen LogP contribution >= 0.6 is 0 Å². The molecule has 0 aliphatic rings. The first kappa shape index (κ1) is 18.8. The molecular formula is C17H16N6O5. The monoisotopic (exact) mass is 384 g/mol. The second-order valence-corrected chi connectivity index (χ2v) is 5.78. The molecule has 0 radical (unpaired) electrons. The molecule has 0 spiro atoms. The predicted molar refractivity (Wildman–Crippen MR) is 100 cm³/mol. The van der Waals surface area contributed by atoms with E-state index in [1.54, 1.807) is 31.2 Å². The molecule has 2 aromatic heterocycles. The highest BCUT2D eigenvalue weighted by atomic mass is 16.6. The van der Waals surface area contributed by atoms with Gasteiger partial charge in [0.1, 0.15) is 23.7 Å². The van der Waals surface area contributed by atoms with Crippen LogP contribution in [-0.2, 0) is 13.6 Å². The number of para-hydroxylation sites is 1. The van der Waals surface area contributed by atoms with Gasteiger partial charge in [-0.2, -0.15) is 5.10 Å². The topological polar surface area (TPSA) is 145 Å². The lowest BCUT2D eigenvalue weighted by Crippen LogP contribution is -2.31. The van der Waals surface area contributed by atoms with Crippen molar-refractivity contribution in [1.82, 2.24) is 19.5 Å². The van der Waals surface area contributed by atoms with Crippen molar-refractivity contribution in [3.05, 3.63) is 62.3 Å². The second-order valence-electron chi connectivity index (χ2n) is 5.78. The number of amides is 1. The summed E-state index contributed by atoms with van der Waals surface area (Å²) in [6.07, 6.45) is 2.15. The SMILES string of the molecule is CCn1c(=O)c(C(=O)N/N=C/c2ncc([N+](=O)[O-])n2C)c(O)c2ccccc21. The number of hydrazone groups is 1. The highest BCUT2D eigenvalue weighted by Crippen LogP contribution is 2.26. The van der Waals surface area contributed by atoms with Gasteiger partial charge in [0, 0.05) is 11.9 Å². The van der Waals surface area contributed by atoms with Gasteiger partial charge >= 0.3 is 5.82 Å². The van der Waals surface area contributed by atoms with Crippen molar-refractivity contribution in [3.63, 3.8) is 0 Å². The number of nitro groups is 1. The number of fused-ring (bicyclic) bond motifs is 1. The molecule has 0 saturated heterocycles. The Morgan fingerprint density at radius 2 is 2.14 bits per heavy atom. The van der Waals surface area contributed by atoms with Crippen LogP contribution < -0.4 is 11.0 Å². The number of aryl methyl sites for hydroxylation is 1. The fourth-order valence-electron chi connectivity index (χ4n) is 2.82. The zero-order valence-electron chi connectivity index (χ0n) is 15.0. The van der Waals surface area contributed by atoms with Gasteiger partial charge in [-0.3, -0.25) is 9.59 Å². The lowest BCUT2D eigenvalue weighted by atomic mass is 10.1. The average Bonchev–Trinajstić information content (AvgIpc) is 3.03. The summed E-state index contributed by atoms with van der Waals surface area (Å²) in [6.45, 7) is 2.05. The molecule has 2 N–H and O–H groups in total. The number of carbonyl (C=O) groups excluding carboxylic acids is 1. The smallest absolute Gasteiger partial charge is 0.342 e. The lowest BCUT2D eigenvalue weighted by molar-refractivity contribution is -0.391. The summed E-state index contributed by atoms with van der Waals surface area (Å²) in [5.41, 5.74) is 1.56. The normalized spacial score (nSPS) is 11.2. The third-order valence-electron chi connectivity index (χ3n) is 4.22. The van der Waals surface area contributed by atoms with E-state index < -0.39 is 27.7 Å². The Balaban J connectivity index is 1.94. The molecule has 1 aromatic carbocycles. The second kappa shape index (κ2) is 7.31. The average molecular weight is 384 g/mol. The van der Waals surface area contributed by atoms with Gasteiger partial charge in [0.2, 0.25) is 5.82 Å². The van der Waals surface area contributed by atoms with E-state index in [4.69, 9.17) is 0 Å². The largest absolute Gasteiger partial charge is 0.506 e. The Bertz CT molecular complexity index is 1180. The maximum Gasteiger partial charge on any atom is 0.342 e. The van der Waals surface area contributed by atoms with Crippen molar-refractivity contribution in [2.75, 3.05) is 0 Å². The summed E-state index contributed by atoms with van der Waals surface area (Å²) >= 11 is 0.